The maximum atomic E-state index is 13.0. The molecule has 0 bridgehead atoms. The monoisotopic (exact) mass is 430 g/mol. The lowest BCUT2D eigenvalue weighted by Crippen LogP contribution is -2.20. The summed E-state index contributed by atoms with van der Waals surface area (Å²) < 4.78 is 11.8. The van der Waals surface area contributed by atoms with Gasteiger partial charge in [-0.2, -0.15) is 0 Å². The van der Waals surface area contributed by atoms with E-state index in [9.17, 15) is 9.59 Å². The van der Waals surface area contributed by atoms with Crippen LogP contribution >= 0.6 is 0 Å². The minimum Gasteiger partial charge on any atom is -0.419 e. The van der Waals surface area contributed by atoms with Gasteiger partial charge in [0.1, 0.15) is 0 Å². The molecule has 0 unspecified atom stereocenters. The van der Waals surface area contributed by atoms with Crippen LogP contribution in [0.2, 0.25) is 0 Å². The maximum absolute atomic E-state index is 13.0. The van der Waals surface area contributed by atoms with Gasteiger partial charge in [0.05, 0.1) is 11.1 Å². The van der Waals surface area contributed by atoms with E-state index in [2.05, 4.69) is 20.8 Å². The Morgan fingerprint density at radius 3 is 1.59 bits per heavy atom. The molecule has 4 heteroatoms. The van der Waals surface area contributed by atoms with Crippen molar-refractivity contribution in [1.82, 2.24) is 0 Å². The molecule has 3 aromatic rings. The van der Waals surface area contributed by atoms with E-state index in [0.29, 0.717) is 16.9 Å². The third kappa shape index (κ3) is 5.08. The van der Waals surface area contributed by atoms with Crippen LogP contribution in [0.5, 0.6) is 11.5 Å². The number of hydrogen-bond acceptors (Lipinski definition) is 4. The zero-order valence-corrected chi connectivity index (χ0v) is 19.6. The Morgan fingerprint density at radius 1 is 0.750 bits per heavy atom. The third-order valence-corrected chi connectivity index (χ3v) is 5.25. The minimum atomic E-state index is -0.496. The van der Waals surface area contributed by atoms with E-state index in [4.69, 9.17) is 9.47 Å². The molecule has 0 aromatic heterocycles. The number of hydrogen-bond donors (Lipinski definition) is 0. The third-order valence-electron chi connectivity index (χ3n) is 5.25. The van der Waals surface area contributed by atoms with Crippen molar-refractivity contribution < 1.29 is 19.1 Å². The molecule has 3 rings (SSSR count). The van der Waals surface area contributed by atoms with Gasteiger partial charge < -0.3 is 9.47 Å². The summed E-state index contributed by atoms with van der Waals surface area (Å²) in [5.74, 6) is -0.362. The molecule has 0 aliphatic heterocycles. The van der Waals surface area contributed by atoms with Gasteiger partial charge in [0, 0.05) is 5.56 Å². The van der Waals surface area contributed by atoms with Crippen molar-refractivity contribution in [2.45, 2.75) is 52.9 Å². The SMILES string of the molecule is Cc1cc(C(C)(C)C)c(C(C)C)c(OC(=O)c2ccccc2)c1OC(=O)c1ccccc1. The Bertz CT molecular complexity index is 1110. The quantitative estimate of drug-likeness (QED) is 0.328. The van der Waals surface area contributed by atoms with Crippen molar-refractivity contribution in [1.29, 1.82) is 0 Å². The summed E-state index contributed by atoms with van der Waals surface area (Å²) in [4.78, 5) is 25.9. The Morgan fingerprint density at radius 2 is 1.19 bits per heavy atom. The lowest BCUT2D eigenvalue weighted by atomic mass is 9.79. The average Bonchev–Trinajstić information content (AvgIpc) is 2.76. The van der Waals surface area contributed by atoms with E-state index in [0.717, 1.165) is 16.7 Å². The first-order valence-corrected chi connectivity index (χ1v) is 10.8. The summed E-state index contributed by atoms with van der Waals surface area (Å²) in [7, 11) is 0. The van der Waals surface area contributed by atoms with Crippen LogP contribution in [-0.4, -0.2) is 11.9 Å². The number of aryl methyl sites for hydroxylation is 1. The van der Waals surface area contributed by atoms with Crippen LogP contribution in [-0.2, 0) is 5.41 Å². The number of rotatable bonds is 5. The average molecular weight is 431 g/mol. The van der Waals surface area contributed by atoms with Gasteiger partial charge in [0.2, 0.25) is 0 Å². The first-order chi connectivity index (χ1) is 15.1. The molecule has 0 atom stereocenters. The predicted molar refractivity (Wildman–Crippen MR) is 127 cm³/mol. The fraction of sp³-hybridized carbons (Fsp3) is 0.286. The largest absolute Gasteiger partial charge is 0.419 e. The Balaban J connectivity index is 2.17. The fourth-order valence-corrected chi connectivity index (χ4v) is 3.66. The summed E-state index contributed by atoms with van der Waals surface area (Å²) in [6.45, 7) is 12.3. The molecule has 0 saturated heterocycles. The summed E-state index contributed by atoms with van der Waals surface area (Å²) in [6, 6.07) is 19.6. The van der Waals surface area contributed by atoms with Crippen molar-refractivity contribution in [2.24, 2.45) is 0 Å². The van der Waals surface area contributed by atoms with Gasteiger partial charge in [-0.3, -0.25) is 0 Å². The van der Waals surface area contributed by atoms with Crippen LogP contribution in [0.25, 0.3) is 0 Å². The molecular formula is C28H30O4. The lowest BCUT2D eigenvalue weighted by Gasteiger charge is -2.29. The molecule has 3 aromatic carbocycles. The molecule has 0 N–H and O–H groups in total. The van der Waals surface area contributed by atoms with Crippen molar-refractivity contribution in [2.75, 3.05) is 0 Å². The van der Waals surface area contributed by atoms with E-state index < -0.39 is 11.9 Å². The van der Waals surface area contributed by atoms with Crippen LogP contribution < -0.4 is 9.47 Å². The highest BCUT2D eigenvalue weighted by molar-refractivity contribution is 5.93. The molecule has 4 nitrogen and oxygen atoms in total. The maximum Gasteiger partial charge on any atom is 0.343 e. The van der Waals surface area contributed by atoms with Gasteiger partial charge in [-0.1, -0.05) is 77.1 Å². The predicted octanol–water partition coefficient (Wildman–Crippen LogP) is 6.85. The van der Waals surface area contributed by atoms with Crippen LogP contribution in [0.4, 0.5) is 0 Å². The van der Waals surface area contributed by atoms with E-state index in [1.165, 1.54) is 0 Å². The molecule has 0 radical (unpaired) electrons. The highest BCUT2D eigenvalue weighted by Crippen LogP contribution is 2.45. The second-order valence-corrected chi connectivity index (χ2v) is 9.23. The fourth-order valence-electron chi connectivity index (χ4n) is 3.66. The van der Waals surface area contributed by atoms with Crippen molar-refractivity contribution in [3.63, 3.8) is 0 Å². The zero-order chi connectivity index (χ0) is 23.5. The van der Waals surface area contributed by atoms with E-state index in [-0.39, 0.29) is 17.1 Å². The van der Waals surface area contributed by atoms with Crippen molar-refractivity contribution in [3.05, 3.63) is 94.5 Å². The second-order valence-electron chi connectivity index (χ2n) is 9.23. The van der Waals surface area contributed by atoms with E-state index in [1.807, 2.05) is 39.0 Å². The van der Waals surface area contributed by atoms with Gasteiger partial charge in [0.15, 0.2) is 11.5 Å². The Labute approximate surface area is 190 Å². The van der Waals surface area contributed by atoms with Gasteiger partial charge >= 0.3 is 11.9 Å². The Hall–Kier alpha value is -3.40. The molecule has 166 valence electrons. The molecule has 0 saturated carbocycles. The van der Waals surface area contributed by atoms with E-state index >= 15 is 0 Å². The summed E-state index contributed by atoms with van der Waals surface area (Å²) in [5, 5.41) is 0. The van der Waals surface area contributed by atoms with Gasteiger partial charge in [-0.05, 0) is 53.6 Å². The number of carbonyl (C=O) groups excluding carboxylic acids is 2. The molecule has 0 fully saturated rings. The number of carbonyl (C=O) groups is 2. The second kappa shape index (κ2) is 9.39. The first kappa shape index (κ1) is 23.3. The van der Waals surface area contributed by atoms with Crippen LogP contribution in [0.15, 0.2) is 66.7 Å². The number of ether oxygens (including phenoxy) is 2. The molecule has 0 aliphatic rings. The summed E-state index contributed by atoms with van der Waals surface area (Å²) in [5.41, 5.74) is 3.32. The lowest BCUT2D eigenvalue weighted by molar-refractivity contribution is 0.0679. The molecule has 0 amide bonds. The normalized spacial score (nSPS) is 11.3. The molecular weight excluding hydrogens is 400 g/mol. The number of esters is 2. The van der Waals surface area contributed by atoms with Gasteiger partial charge in [-0.25, -0.2) is 9.59 Å². The van der Waals surface area contributed by atoms with E-state index in [1.54, 1.807) is 48.5 Å². The highest BCUT2D eigenvalue weighted by atomic mass is 16.6. The van der Waals surface area contributed by atoms with Gasteiger partial charge in [-0.15, -0.1) is 0 Å². The van der Waals surface area contributed by atoms with Gasteiger partial charge in [0.25, 0.3) is 0 Å². The smallest absolute Gasteiger partial charge is 0.343 e. The molecule has 0 heterocycles. The topological polar surface area (TPSA) is 52.6 Å². The first-order valence-electron chi connectivity index (χ1n) is 10.8. The molecule has 0 spiro atoms. The van der Waals surface area contributed by atoms with Crippen LogP contribution in [0, 0.1) is 6.92 Å². The summed E-state index contributed by atoms with van der Waals surface area (Å²) >= 11 is 0. The standard InChI is InChI=1S/C28H30O4/c1-18(2)23-22(28(4,5)6)17-19(3)24(31-26(29)20-13-9-7-10-14-20)25(23)32-27(30)21-15-11-8-12-16-21/h7-18H,1-6H3. The minimum absolute atomic E-state index is 0.0394. The number of benzene rings is 3. The zero-order valence-electron chi connectivity index (χ0n) is 19.6. The van der Waals surface area contributed by atoms with Crippen molar-refractivity contribution >= 4 is 11.9 Å². The summed E-state index contributed by atoms with van der Waals surface area (Å²) in [6.07, 6.45) is 0. The molecule has 32 heavy (non-hydrogen) atoms. The van der Waals surface area contributed by atoms with Crippen molar-refractivity contribution in [3.8, 4) is 11.5 Å². The highest BCUT2D eigenvalue weighted by Gasteiger charge is 2.30. The Kier molecular flexibility index (Phi) is 6.83. The molecule has 0 aliphatic carbocycles. The van der Waals surface area contributed by atoms with Crippen LogP contribution in [0.3, 0.4) is 0 Å². The van der Waals surface area contributed by atoms with Crippen LogP contribution in [0.1, 0.15) is 77.9 Å².